The zero-order valence-corrected chi connectivity index (χ0v) is 11.4. The van der Waals surface area contributed by atoms with Gasteiger partial charge in [-0.3, -0.25) is 0 Å². The monoisotopic (exact) mass is 308 g/mol. The number of nitrogens with zero attached hydrogens (tertiary/aromatic N) is 1. The topological polar surface area (TPSA) is 63.4 Å². The Kier molecular flexibility index (Phi) is 3.97. The summed E-state index contributed by atoms with van der Waals surface area (Å²) in [7, 11) is -5.34. The van der Waals surface area contributed by atoms with Crippen LogP contribution >= 0.6 is 0 Å². The summed E-state index contributed by atoms with van der Waals surface area (Å²) < 4.78 is 61.3. The summed E-state index contributed by atoms with van der Waals surface area (Å²) in [4.78, 5) is 0.959. The average Bonchev–Trinajstić information content (AvgIpc) is 2.86. The van der Waals surface area contributed by atoms with Gasteiger partial charge in [-0.25, -0.2) is 8.42 Å². The van der Waals surface area contributed by atoms with Crippen LogP contribution in [-0.4, -0.2) is 33.6 Å². The summed E-state index contributed by atoms with van der Waals surface area (Å²) in [5, 5.41) is 0. The van der Waals surface area contributed by atoms with Crippen LogP contribution in [0.3, 0.4) is 0 Å². The lowest BCUT2D eigenvalue weighted by Gasteiger charge is -2.22. The van der Waals surface area contributed by atoms with Crippen molar-refractivity contribution in [1.82, 2.24) is 0 Å². The second kappa shape index (κ2) is 5.25. The molecule has 1 unspecified atom stereocenters. The van der Waals surface area contributed by atoms with Crippen LogP contribution in [-0.2, 0) is 9.84 Å². The average molecular weight is 308 g/mol. The van der Waals surface area contributed by atoms with Gasteiger partial charge in [-0.1, -0.05) is 12.1 Å². The SMILES string of the molecule is NCC1CCN(c2ccccc2S(=O)(=O)C(F)(F)F)C1. The Morgan fingerprint density at radius 1 is 1.30 bits per heavy atom. The highest BCUT2D eigenvalue weighted by atomic mass is 32.2. The fourth-order valence-corrected chi connectivity index (χ4v) is 3.29. The Bertz CT molecular complexity index is 587. The van der Waals surface area contributed by atoms with Crippen molar-refractivity contribution in [3.8, 4) is 0 Å². The number of benzene rings is 1. The standard InChI is InChI=1S/C12H15F3N2O2S/c13-12(14,15)20(18,19)11-4-2-1-3-10(11)17-6-5-9(7-16)8-17/h1-4,9H,5-8,16H2. The predicted octanol–water partition coefficient (Wildman–Crippen LogP) is 1.77. The maximum Gasteiger partial charge on any atom is 0.501 e. The molecule has 1 heterocycles. The van der Waals surface area contributed by atoms with Crippen LogP contribution in [0.25, 0.3) is 0 Å². The van der Waals surface area contributed by atoms with E-state index in [-0.39, 0.29) is 11.6 Å². The van der Waals surface area contributed by atoms with Crippen molar-refractivity contribution >= 4 is 15.5 Å². The van der Waals surface area contributed by atoms with Crippen molar-refractivity contribution in [3.05, 3.63) is 24.3 Å². The molecule has 0 saturated carbocycles. The van der Waals surface area contributed by atoms with Crippen molar-refractivity contribution in [2.45, 2.75) is 16.8 Å². The molecule has 1 saturated heterocycles. The van der Waals surface area contributed by atoms with Crippen LogP contribution in [0.15, 0.2) is 29.2 Å². The van der Waals surface area contributed by atoms with Crippen LogP contribution in [0.1, 0.15) is 6.42 Å². The minimum absolute atomic E-state index is 0.0979. The lowest BCUT2D eigenvalue weighted by Crippen LogP contribution is -2.28. The Hall–Kier alpha value is -1.28. The first-order chi connectivity index (χ1) is 9.27. The van der Waals surface area contributed by atoms with Crippen LogP contribution in [0.5, 0.6) is 0 Å². The van der Waals surface area contributed by atoms with Crippen molar-refractivity contribution in [2.75, 3.05) is 24.5 Å². The lowest BCUT2D eigenvalue weighted by atomic mass is 10.1. The molecule has 0 amide bonds. The molecule has 0 radical (unpaired) electrons. The third-order valence-electron chi connectivity index (χ3n) is 3.42. The first-order valence-electron chi connectivity index (χ1n) is 6.12. The number of hydrogen-bond donors (Lipinski definition) is 1. The summed E-state index contributed by atoms with van der Waals surface area (Å²) >= 11 is 0. The predicted molar refractivity (Wildman–Crippen MR) is 69.1 cm³/mol. The van der Waals surface area contributed by atoms with Gasteiger partial charge in [-0.15, -0.1) is 0 Å². The van der Waals surface area contributed by atoms with Gasteiger partial charge >= 0.3 is 5.51 Å². The van der Waals surface area contributed by atoms with Gasteiger partial charge in [0.05, 0.1) is 10.6 Å². The molecule has 0 spiro atoms. The second-order valence-electron chi connectivity index (χ2n) is 4.75. The van der Waals surface area contributed by atoms with E-state index in [9.17, 15) is 21.6 Å². The Morgan fingerprint density at radius 2 is 1.95 bits per heavy atom. The molecule has 0 aliphatic carbocycles. The van der Waals surface area contributed by atoms with E-state index in [0.717, 1.165) is 12.5 Å². The van der Waals surface area contributed by atoms with E-state index in [1.54, 1.807) is 4.90 Å². The van der Waals surface area contributed by atoms with Crippen molar-refractivity contribution in [3.63, 3.8) is 0 Å². The first kappa shape index (κ1) is 15.1. The molecule has 1 aromatic carbocycles. The van der Waals surface area contributed by atoms with Gasteiger partial charge in [-0.05, 0) is 31.0 Å². The minimum atomic E-state index is -5.34. The van der Waals surface area contributed by atoms with Gasteiger partial charge in [0.25, 0.3) is 9.84 Å². The van der Waals surface area contributed by atoms with Crippen LogP contribution < -0.4 is 10.6 Å². The van der Waals surface area contributed by atoms with Gasteiger partial charge < -0.3 is 10.6 Å². The summed E-state index contributed by atoms with van der Waals surface area (Å²) in [6, 6.07) is 5.21. The number of hydrogen-bond acceptors (Lipinski definition) is 4. The highest BCUT2D eigenvalue weighted by Gasteiger charge is 2.48. The normalized spacial score (nSPS) is 20.4. The summed E-state index contributed by atoms with van der Waals surface area (Å²) in [6.45, 7) is 1.41. The largest absolute Gasteiger partial charge is 0.501 e. The molecule has 1 aliphatic heterocycles. The fraction of sp³-hybridized carbons (Fsp3) is 0.500. The molecule has 1 aromatic rings. The number of halogens is 3. The minimum Gasteiger partial charge on any atom is -0.370 e. The zero-order valence-electron chi connectivity index (χ0n) is 10.6. The molecule has 112 valence electrons. The second-order valence-corrected chi connectivity index (χ2v) is 6.66. The van der Waals surface area contributed by atoms with E-state index in [1.165, 1.54) is 18.2 Å². The highest BCUT2D eigenvalue weighted by Crippen LogP contribution is 2.37. The molecule has 2 N–H and O–H groups in total. The van der Waals surface area contributed by atoms with E-state index in [2.05, 4.69) is 0 Å². The molecule has 1 aliphatic rings. The number of rotatable bonds is 3. The fourth-order valence-electron chi connectivity index (χ4n) is 2.31. The van der Waals surface area contributed by atoms with Gasteiger partial charge in [0, 0.05) is 13.1 Å². The summed E-state index contributed by atoms with van der Waals surface area (Å²) in [5.41, 5.74) is 0.345. The number of para-hydroxylation sites is 1. The zero-order chi connectivity index (χ0) is 15.0. The van der Waals surface area contributed by atoms with Gasteiger partial charge in [0.1, 0.15) is 0 Å². The third kappa shape index (κ3) is 2.62. The molecule has 1 atom stereocenters. The van der Waals surface area contributed by atoms with Gasteiger partial charge in [0.2, 0.25) is 0 Å². The van der Waals surface area contributed by atoms with Gasteiger partial charge in [0.15, 0.2) is 0 Å². The smallest absolute Gasteiger partial charge is 0.370 e. The molecule has 0 aromatic heterocycles. The first-order valence-corrected chi connectivity index (χ1v) is 7.61. The number of anilines is 1. The van der Waals surface area contributed by atoms with Crippen molar-refractivity contribution in [2.24, 2.45) is 11.7 Å². The molecular formula is C12H15F3N2O2S. The maximum absolute atomic E-state index is 12.7. The van der Waals surface area contributed by atoms with E-state index in [1.807, 2.05) is 0 Å². The van der Waals surface area contributed by atoms with Crippen molar-refractivity contribution in [1.29, 1.82) is 0 Å². The molecule has 0 bridgehead atoms. The molecule has 1 fully saturated rings. The van der Waals surface area contributed by atoms with Crippen LogP contribution in [0.2, 0.25) is 0 Å². The third-order valence-corrected chi connectivity index (χ3v) is 4.95. The quantitative estimate of drug-likeness (QED) is 0.924. The molecule has 2 rings (SSSR count). The Morgan fingerprint density at radius 3 is 2.50 bits per heavy atom. The Labute approximate surface area is 115 Å². The molecule has 4 nitrogen and oxygen atoms in total. The molecule has 20 heavy (non-hydrogen) atoms. The number of sulfone groups is 1. The number of alkyl halides is 3. The van der Waals surface area contributed by atoms with Gasteiger partial charge in [-0.2, -0.15) is 13.2 Å². The van der Waals surface area contributed by atoms with E-state index in [0.29, 0.717) is 19.6 Å². The summed E-state index contributed by atoms with van der Waals surface area (Å²) in [6.07, 6.45) is 0.747. The number of nitrogens with two attached hydrogens (primary N) is 1. The maximum atomic E-state index is 12.7. The summed E-state index contributed by atoms with van der Waals surface area (Å²) in [5.74, 6) is 0.177. The van der Waals surface area contributed by atoms with E-state index >= 15 is 0 Å². The van der Waals surface area contributed by atoms with Crippen LogP contribution in [0.4, 0.5) is 18.9 Å². The molecular weight excluding hydrogens is 293 g/mol. The lowest BCUT2D eigenvalue weighted by molar-refractivity contribution is -0.0435. The highest BCUT2D eigenvalue weighted by molar-refractivity contribution is 7.92. The van der Waals surface area contributed by atoms with E-state index in [4.69, 9.17) is 5.73 Å². The Balaban J connectivity index is 2.43. The van der Waals surface area contributed by atoms with E-state index < -0.39 is 20.2 Å². The van der Waals surface area contributed by atoms with Crippen LogP contribution in [0, 0.1) is 5.92 Å². The van der Waals surface area contributed by atoms with Crippen molar-refractivity contribution < 1.29 is 21.6 Å². The molecule has 8 heteroatoms.